The Balaban J connectivity index is 1.29. The number of hydrogen-bond acceptors (Lipinski definition) is 6. The van der Waals surface area contributed by atoms with Gasteiger partial charge in [-0.15, -0.1) is 0 Å². The van der Waals surface area contributed by atoms with Gasteiger partial charge in [0, 0.05) is 36.6 Å². The Hall–Kier alpha value is -3.28. The van der Waals surface area contributed by atoms with Crippen LogP contribution in [-0.2, 0) is 0 Å². The number of rotatable bonds is 4. The van der Waals surface area contributed by atoms with Crippen LogP contribution in [-0.4, -0.2) is 36.3 Å². The van der Waals surface area contributed by atoms with Crippen LogP contribution in [0.1, 0.15) is 12.8 Å². The van der Waals surface area contributed by atoms with E-state index in [9.17, 15) is 0 Å². The van der Waals surface area contributed by atoms with E-state index in [4.69, 9.17) is 9.47 Å². The molecule has 2 aliphatic heterocycles. The highest BCUT2D eigenvalue weighted by Crippen LogP contribution is 2.31. The largest absolute Gasteiger partial charge is 0.484 e. The first kappa shape index (κ1) is 16.9. The molecular weight excluding hydrogens is 352 g/mol. The Kier molecular flexibility index (Phi) is 4.45. The van der Waals surface area contributed by atoms with Crippen molar-refractivity contribution < 1.29 is 9.47 Å². The third-order valence-electron chi connectivity index (χ3n) is 5.11. The van der Waals surface area contributed by atoms with Crippen molar-refractivity contribution in [2.24, 2.45) is 0 Å². The van der Waals surface area contributed by atoms with Crippen LogP contribution in [0.4, 0.5) is 17.2 Å². The zero-order chi connectivity index (χ0) is 18.8. The van der Waals surface area contributed by atoms with Crippen molar-refractivity contribution >= 4 is 17.2 Å². The number of hydrogen-bond donors (Lipinski definition) is 1. The van der Waals surface area contributed by atoms with Crippen molar-refractivity contribution in [1.82, 2.24) is 9.97 Å². The fourth-order valence-corrected chi connectivity index (χ4v) is 3.63. The van der Waals surface area contributed by atoms with Crippen LogP contribution in [0.15, 0.2) is 54.9 Å². The Morgan fingerprint density at radius 3 is 2.39 bits per heavy atom. The third kappa shape index (κ3) is 3.45. The number of benzene rings is 1. The average Bonchev–Trinajstić information content (AvgIpc) is 3.29. The lowest BCUT2D eigenvalue weighted by molar-refractivity contribution is 0.164. The van der Waals surface area contributed by atoms with Crippen molar-refractivity contribution in [2.45, 2.75) is 12.8 Å². The van der Waals surface area contributed by atoms with Crippen molar-refractivity contribution in [3.8, 4) is 22.8 Å². The first-order valence-corrected chi connectivity index (χ1v) is 9.69. The minimum atomic E-state index is 0.537. The predicted octanol–water partition coefficient (Wildman–Crippen LogP) is 4.26. The van der Waals surface area contributed by atoms with E-state index < -0.39 is 0 Å². The molecule has 0 spiro atoms. The minimum Gasteiger partial charge on any atom is -0.484 e. The van der Waals surface area contributed by atoms with Gasteiger partial charge in [-0.25, -0.2) is 9.97 Å². The van der Waals surface area contributed by atoms with Crippen molar-refractivity contribution in [3.63, 3.8) is 0 Å². The third-order valence-corrected chi connectivity index (χ3v) is 5.11. The van der Waals surface area contributed by atoms with Crippen LogP contribution in [0.25, 0.3) is 11.1 Å². The summed E-state index contributed by atoms with van der Waals surface area (Å²) in [6, 6.07) is 14.7. The molecule has 5 rings (SSSR count). The molecule has 28 heavy (non-hydrogen) atoms. The molecule has 6 heteroatoms. The molecule has 1 aromatic carbocycles. The van der Waals surface area contributed by atoms with Crippen molar-refractivity contribution in [2.75, 3.05) is 36.5 Å². The van der Waals surface area contributed by atoms with Gasteiger partial charge in [-0.05, 0) is 42.7 Å². The van der Waals surface area contributed by atoms with Crippen LogP contribution in [0.5, 0.6) is 11.6 Å². The van der Waals surface area contributed by atoms with E-state index in [1.54, 1.807) is 6.20 Å². The second kappa shape index (κ2) is 7.38. The summed E-state index contributed by atoms with van der Waals surface area (Å²) in [5.74, 6) is 1.96. The maximum absolute atomic E-state index is 5.57. The van der Waals surface area contributed by atoms with Crippen LogP contribution in [0, 0.1) is 0 Å². The molecule has 142 valence electrons. The Labute approximate surface area is 164 Å². The molecule has 1 fully saturated rings. The highest BCUT2D eigenvalue weighted by atomic mass is 16.6. The van der Waals surface area contributed by atoms with Gasteiger partial charge in [0.15, 0.2) is 5.75 Å². The SMILES string of the molecule is c1nc2c(cc1Nc1ccc(-c3ccc(N4CCCC4)cc3)cn1)OCCO2. The fraction of sp³-hybridized carbons (Fsp3) is 0.273. The summed E-state index contributed by atoms with van der Waals surface area (Å²) in [4.78, 5) is 11.3. The quantitative estimate of drug-likeness (QED) is 0.736. The summed E-state index contributed by atoms with van der Waals surface area (Å²) in [6.07, 6.45) is 6.19. The lowest BCUT2D eigenvalue weighted by Crippen LogP contribution is -2.17. The number of pyridine rings is 2. The van der Waals surface area contributed by atoms with Gasteiger partial charge in [-0.1, -0.05) is 12.1 Å². The van der Waals surface area contributed by atoms with E-state index in [0.717, 1.165) is 30.2 Å². The molecule has 1 saturated heterocycles. The summed E-state index contributed by atoms with van der Waals surface area (Å²) in [5.41, 5.74) is 4.39. The van der Waals surface area contributed by atoms with Crippen LogP contribution in [0.3, 0.4) is 0 Å². The predicted molar refractivity (Wildman–Crippen MR) is 110 cm³/mol. The van der Waals surface area contributed by atoms with E-state index in [1.165, 1.54) is 24.1 Å². The molecule has 1 N–H and O–H groups in total. The van der Waals surface area contributed by atoms with Crippen LogP contribution < -0.4 is 19.7 Å². The van der Waals surface area contributed by atoms with Crippen LogP contribution in [0.2, 0.25) is 0 Å². The monoisotopic (exact) mass is 374 g/mol. The first-order chi connectivity index (χ1) is 13.8. The summed E-state index contributed by atoms with van der Waals surface area (Å²) in [6.45, 7) is 3.41. The summed E-state index contributed by atoms with van der Waals surface area (Å²) in [7, 11) is 0. The van der Waals surface area contributed by atoms with Gasteiger partial charge in [0.2, 0.25) is 0 Å². The van der Waals surface area contributed by atoms with Gasteiger partial charge in [-0.2, -0.15) is 0 Å². The minimum absolute atomic E-state index is 0.537. The molecule has 0 radical (unpaired) electrons. The van der Waals surface area contributed by atoms with Crippen molar-refractivity contribution in [3.05, 3.63) is 54.9 Å². The number of ether oxygens (including phenoxy) is 2. The molecule has 0 aliphatic carbocycles. The highest BCUT2D eigenvalue weighted by Gasteiger charge is 2.14. The molecule has 0 saturated carbocycles. The molecule has 2 aromatic heterocycles. The van der Waals surface area contributed by atoms with E-state index in [0.29, 0.717) is 24.8 Å². The average molecular weight is 374 g/mol. The number of aromatic nitrogens is 2. The summed E-state index contributed by atoms with van der Waals surface area (Å²) >= 11 is 0. The smallest absolute Gasteiger partial charge is 0.257 e. The van der Waals surface area contributed by atoms with Gasteiger partial charge in [0.25, 0.3) is 5.88 Å². The summed E-state index contributed by atoms with van der Waals surface area (Å²) < 4.78 is 11.0. The van der Waals surface area contributed by atoms with Gasteiger partial charge >= 0.3 is 0 Å². The lowest BCUT2D eigenvalue weighted by atomic mass is 10.1. The topological polar surface area (TPSA) is 59.5 Å². The standard InChI is InChI=1S/C22H22N4O2/c1-2-10-26(9-1)19-6-3-16(4-7-19)17-5-8-21(23-14-17)25-18-13-20-22(24-15-18)28-12-11-27-20/h3-8,13-15H,1-2,9-12H2,(H,23,25). The van der Waals surface area contributed by atoms with Gasteiger partial charge in [-0.3, -0.25) is 0 Å². The van der Waals surface area contributed by atoms with E-state index in [1.807, 2.05) is 18.3 Å². The van der Waals surface area contributed by atoms with Crippen molar-refractivity contribution in [1.29, 1.82) is 0 Å². The normalized spacial score (nSPS) is 15.5. The zero-order valence-corrected chi connectivity index (χ0v) is 15.6. The zero-order valence-electron chi connectivity index (χ0n) is 15.6. The Morgan fingerprint density at radius 1 is 0.821 bits per heavy atom. The van der Waals surface area contributed by atoms with E-state index >= 15 is 0 Å². The second-order valence-electron chi connectivity index (χ2n) is 7.02. The van der Waals surface area contributed by atoms with E-state index in [2.05, 4.69) is 50.5 Å². The Bertz CT molecular complexity index is 951. The number of nitrogens with zero attached hydrogens (tertiary/aromatic N) is 3. The molecule has 0 amide bonds. The molecule has 6 nitrogen and oxygen atoms in total. The molecule has 0 unspecified atom stereocenters. The first-order valence-electron chi connectivity index (χ1n) is 9.69. The molecule has 4 heterocycles. The van der Waals surface area contributed by atoms with Gasteiger partial charge < -0.3 is 19.7 Å². The number of nitrogens with one attached hydrogen (secondary N) is 1. The highest BCUT2D eigenvalue weighted by molar-refractivity contribution is 5.68. The lowest BCUT2D eigenvalue weighted by Gasteiger charge is -2.18. The summed E-state index contributed by atoms with van der Waals surface area (Å²) in [5, 5.41) is 3.26. The Morgan fingerprint density at radius 2 is 1.61 bits per heavy atom. The molecular formula is C22H22N4O2. The maximum atomic E-state index is 5.57. The second-order valence-corrected chi connectivity index (χ2v) is 7.02. The number of fused-ring (bicyclic) bond motifs is 1. The van der Waals surface area contributed by atoms with Gasteiger partial charge in [0.05, 0.1) is 11.9 Å². The molecule has 2 aliphatic rings. The van der Waals surface area contributed by atoms with Crippen LogP contribution >= 0.6 is 0 Å². The molecule has 3 aromatic rings. The fourth-order valence-electron chi connectivity index (χ4n) is 3.63. The van der Waals surface area contributed by atoms with Gasteiger partial charge in [0.1, 0.15) is 19.0 Å². The van der Waals surface area contributed by atoms with E-state index in [-0.39, 0.29) is 0 Å². The maximum Gasteiger partial charge on any atom is 0.257 e. The molecule has 0 bridgehead atoms. The number of anilines is 3. The molecule has 0 atom stereocenters.